The van der Waals surface area contributed by atoms with Gasteiger partial charge in [0.1, 0.15) is 23.5 Å². The highest BCUT2D eigenvalue weighted by Gasteiger charge is 2.60. The van der Waals surface area contributed by atoms with E-state index in [2.05, 4.69) is 24.5 Å². The highest BCUT2D eigenvalue weighted by atomic mass is 32.2. The van der Waals surface area contributed by atoms with E-state index in [1.807, 2.05) is 6.92 Å². The molecule has 2 heterocycles. The molecule has 3 amide bonds. The van der Waals surface area contributed by atoms with Crippen molar-refractivity contribution >= 4 is 39.5 Å². The molecular formula is C26H32N4O5S2. The third-order valence-corrected chi connectivity index (χ3v) is 10.9. The lowest BCUT2D eigenvalue weighted by Crippen LogP contribution is -2.69. The van der Waals surface area contributed by atoms with Gasteiger partial charge in [-0.25, -0.2) is 8.42 Å². The van der Waals surface area contributed by atoms with Crippen LogP contribution in [-0.4, -0.2) is 70.6 Å². The molecule has 11 heteroatoms. The molecule has 0 saturated carbocycles. The summed E-state index contributed by atoms with van der Waals surface area (Å²) in [5, 5.41) is 5.36. The van der Waals surface area contributed by atoms with E-state index in [0.717, 1.165) is 4.31 Å². The van der Waals surface area contributed by atoms with Gasteiger partial charge in [0.25, 0.3) is 0 Å². The molecular weight excluding hydrogens is 512 g/mol. The van der Waals surface area contributed by atoms with Gasteiger partial charge in [0, 0.05) is 17.8 Å². The monoisotopic (exact) mass is 544 g/mol. The first-order valence-corrected chi connectivity index (χ1v) is 14.4. The predicted octanol–water partition coefficient (Wildman–Crippen LogP) is 2.12. The van der Waals surface area contributed by atoms with Crippen molar-refractivity contribution in [2.75, 3.05) is 7.05 Å². The molecule has 0 bridgehead atoms. The molecule has 1 unspecified atom stereocenters. The van der Waals surface area contributed by atoms with Gasteiger partial charge in [-0.05, 0) is 45.4 Å². The molecule has 0 radical (unpaired) electrons. The first-order chi connectivity index (χ1) is 17.4. The molecule has 37 heavy (non-hydrogen) atoms. The Balaban J connectivity index is 1.51. The van der Waals surface area contributed by atoms with Crippen molar-refractivity contribution in [3.8, 4) is 0 Å². The van der Waals surface area contributed by atoms with Gasteiger partial charge in [-0.2, -0.15) is 4.31 Å². The van der Waals surface area contributed by atoms with Crippen molar-refractivity contribution in [3.05, 3.63) is 66.2 Å². The minimum absolute atomic E-state index is 0.0377. The molecule has 2 aromatic carbocycles. The smallest absolute Gasteiger partial charge is 0.249 e. The Morgan fingerprint density at radius 3 is 2.19 bits per heavy atom. The lowest BCUT2D eigenvalue weighted by atomic mass is 9.97. The Morgan fingerprint density at radius 1 is 1.03 bits per heavy atom. The number of fused-ring (bicyclic) bond motifs is 1. The van der Waals surface area contributed by atoms with E-state index in [9.17, 15) is 22.8 Å². The molecule has 2 saturated heterocycles. The molecule has 2 aliphatic heterocycles. The fourth-order valence-electron chi connectivity index (χ4n) is 4.48. The number of amides is 3. The van der Waals surface area contributed by atoms with E-state index in [0.29, 0.717) is 5.56 Å². The Bertz CT molecular complexity index is 1290. The van der Waals surface area contributed by atoms with Crippen molar-refractivity contribution in [2.45, 2.75) is 66.9 Å². The van der Waals surface area contributed by atoms with Crippen molar-refractivity contribution in [2.24, 2.45) is 0 Å². The second kappa shape index (κ2) is 10.1. The molecule has 2 aliphatic rings. The molecule has 2 N–H and O–H groups in total. The van der Waals surface area contributed by atoms with Gasteiger partial charge in [0.05, 0.1) is 4.90 Å². The lowest BCUT2D eigenvalue weighted by Gasteiger charge is -2.44. The fourth-order valence-corrected chi connectivity index (χ4v) is 7.48. The van der Waals surface area contributed by atoms with Crippen LogP contribution in [0.2, 0.25) is 0 Å². The Hall–Kier alpha value is -2.89. The van der Waals surface area contributed by atoms with Crippen molar-refractivity contribution in [3.63, 3.8) is 0 Å². The van der Waals surface area contributed by atoms with Gasteiger partial charge in [-0.3, -0.25) is 14.4 Å². The Labute approximate surface area is 222 Å². The quantitative estimate of drug-likeness (QED) is 0.492. The van der Waals surface area contributed by atoms with Crippen molar-refractivity contribution in [1.29, 1.82) is 0 Å². The minimum atomic E-state index is -3.93. The molecule has 2 aromatic rings. The lowest BCUT2D eigenvalue weighted by molar-refractivity contribution is -0.151. The molecule has 198 valence electrons. The van der Waals surface area contributed by atoms with E-state index < -0.39 is 40.0 Å². The summed E-state index contributed by atoms with van der Waals surface area (Å²) in [4.78, 5) is 41.3. The van der Waals surface area contributed by atoms with Gasteiger partial charge in [-0.15, -0.1) is 11.8 Å². The average molecular weight is 545 g/mol. The van der Waals surface area contributed by atoms with Crippen LogP contribution >= 0.6 is 11.8 Å². The summed E-state index contributed by atoms with van der Waals surface area (Å²) in [5.41, 5.74) is 0.519. The number of carbonyl (C=O) groups is 3. The second-order valence-corrected chi connectivity index (χ2v) is 13.7. The maximum Gasteiger partial charge on any atom is 0.249 e. The van der Waals surface area contributed by atoms with Crippen LogP contribution in [0.4, 0.5) is 0 Å². The topological polar surface area (TPSA) is 116 Å². The average Bonchev–Trinajstić information content (AvgIpc) is 3.10. The van der Waals surface area contributed by atoms with E-state index >= 15 is 0 Å². The van der Waals surface area contributed by atoms with Crippen LogP contribution in [0.15, 0.2) is 65.6 Å². The molecule has 0 aliphatic carbocycles. The SMILES string of the molecule is C[C@@H]1N2C(=O)[C@@H](NC(=O)C(NC(=O)[C@H](C)N(C)S(=O)(=O)c3ccccc3)c3ccccc3)[C@H]2SC1(C)C. The normalized spacial score (nSPS) is 24.1. The Morgan fingerprint density at radius 2 is 1.59 bits per heavy atom. The number of rotatable bonds is 8. The third-order valence-electron chi connectivity index (χ3n) is 7.25. The number of hydrogen-bond donors (Lipinski definition) is 2. The third kappa shape index (κ3) is 4.99. The van der Waals surface area contributed by atoms with Crippen LogP contribution in [0.25, 0.3) is 0 Å². The number of nitrogens with zero attached hydrogens (tertiary/aromatic N) is 2. The largest absolute Gasteiger partial charge is 0.340 e. The van der Waals surface area contributed by atoms with E-state index in [1.165, 1.54) is 26.1 Å². The number of likely N-dealkylation sites (N-methyl/N-ethyl adjacent to an activating group) is 1. The zero-order chi connectivity index (χ0) is 27.1. The van der Waals surface area contributed by atoms with E-state index in [1.54, 1.807) is 65.2 Å². The number of hydrogen-bond acceptors (Lipinski definition) is 6. The number of carbonyl (C=O) groups excluding carboxylic acids is 3. The van der Waals surface area contributed by atoms with Gasteiger partial charge in [0.2, 0.25) is 27.7 Å². The summed E-state index contributed by atoms with van der Waals surface area (Å²) in [7, 11) is -2.61. The van der Waals surface area contributed by atoms with Gasteiger partial charge in [0.15, 0.2) is 0 Å². The van der Waals surface area contributed by atoms with Crippen LogP contribution in [-0.2, 0) is 24.4 Å². The van der Waals surface area contributed by atoms with E-state index in [-0.39, 0.29) is 27.0 Å². The summed E-state index contributed by atoms with van der Waals surface area (Å²) < 4.78 is 26.8. The van der Waals surface area contributed by atoms with Gasteiger partial charge in [-0.1, -0.05) is 48.5 Å². The first-order valence-electron chi connectivity index (χ1n) is 12.0. The molecule has 2 fully saturated rings. The zero-order valence-corrected chi connectivity index (χ0v) is 23.0. The van der Waals surface area contributed by atoms with E-state index in [4.69, 9.17) is 0 Å². The van der Waals surface area contributed by atoms with Gasteiger partial charge < -0.3 is 15.5 Å². The first kappa shape index (κ1) is 27.2. The van der Waals surface area contributed by atoms with Crippen molar-refractivity contribution in [1.82, 2.24) is 19.8 Å². The van der Waals surface area contributed by atoms with Crippen LogP contribution < -0.4 is 10.6 Å². The molecule has 9 nitrogen and oxygen atoms in total. The number of thioether (sulfide) groups is 1. The molecule has 0 spiro atoms. The summed E-state index contributed by atoms with van der Waals surface area (Å²) in [6, 6.07) is 13.6. The molecule has 0 aromatic heterocycles. The predicted molar refractivity (Wildman–Crippen MR) is 142 cm³/mol. The zero-order valence-electron chi connectivity index (χ0n) is 21.4. The number of sulfonamides is 1. The summed E-state index contributed by atoms with van der Waals surface area (Å²) in [6.45, 7) is 7.60. The highest BCUT2D eigenvalue weighted by Crippen LogP contribution is 2.50. The summed E-state index contributed by atoms with van der Waals surface area (Å²) in [5.74, 6) is -1.32. The maximum absolute atomic E-state index is 13.4. The number of nitrogens with one attached hydrogen (secondary N) is 2. The standard InChI is InChI=1S/C26H32N4O5S2/c1-16(29(5)37(34,35)19-14-10-7-11-15-19)22(31)27-20(18-12-8-6-9-13-18)23(32)28-21-24(33)30-17(2)26(3,4)36-25(21)30/h6-17,20-21,25H,1-5H3,(H,27,31)(H,28,32)/t16-,17-,20?,21+,25+/m0/s1. The van der Waals surface area contributed by atoms with Gasteiger partial charge >= 0.3 is 0 Å². The highest BCUT2D eigenvalue weighted by molar-refractivity contribution is 8.01. The molecule has 4 rings (SSSR count). The second-order valence-electron chi connectivity index (χ2n) is 9.88. The van der Waals surface area contributed by atoms with Crippen LogP contribution in [0.1, 0.15) is 39.3 Å². The van der Waals surface area contributed by atoms with Crippen molar-refractivity contribution < 1.29 is 22.8 Å². The summed E-state index contributed by atoms with van der Waals surface area (Å²) in [6.07, 6.45) is 0. The van der Waals surface area contributed by atoms with Crippen LogP contribution in [0.5, 0.6) is 0 Å². The van der Waals surface area contributed by atoms with Crippen LogP contribution in [0, 0.1) is 0 Å². The Kier molecular flexibility index (Phi) is 7.42. The maximum atomic E-state index is 13.4. The molecule has 5 atom stereocenters. The number of β-lactam (4-membered cyclic amide) rings is 1. The van der Waals surface area contributed by atoms with Crippen LogP contribution in [0.3, 0.4) is 0 Å². The minimum Gasteiger partial charge on any atom is -0.340 e. The summed E-state index contributed by atoms with van der Waals surface area (Å²) >= 11 is 1.64. The fraction of sp³-hybridized carbons (Fsp3) is 0.423. The number of benzene rings is 2.